The van der Waals surface area contributed by atoms with E-state index in [2.05, 4.69) is 15.0 Å². The molecule has 0 saturated carbocycles. The summed E-state index contributed by atoms with van der Waals surface area (Å²) < 4.78 is 59.5. The molecular formula is C13H14F2N4O3S. The number of hydrogen-bond acceptors (Lipinski definition) is 5. The van der Waals surface area contributed by atoms with Gasteiger partial charge in [0, 0.05) is 7.05 Å². The Hall–Kier alpha value is -2.23. The van der Waals surface area contributed by atoms with Gasteiger partial charge in [0.1, 0.15) is 16.3 Å². The fourth-order valence-electron chi connectivity index (χ4n) is 2.43. The molecule has 0 fully saturated rings. The van der Waals surface area contributed by atoms with Crippen molar-refractivity contribution < 1.29 is 21.9 Å². The van der Waals surface area contributed by atoms with Gasteiger partial charge in [-0.15, -0.1) is 5.10 Å². The quantitative estimate of drug-likeness (QED) is 0.915. The van der Waals surface area contributed by atoms with E-state index in [1.165, 1.54) is 13.1 Å². The normalized spacial score (nSPS) is 14.4. The van der Waals surface area contributed by atoms with Gasteiger partial charge < -0.3 is 4.74 Å². The summed E-state index contributed by atoms with van der Waals surface area (Å²) in [5.41, 5.74) is 0.173. The fourth-order valence-corrected chi connectivity index (χ4v) is 3.64. The van der Waals surface area contributed by atoms with Crippen LogP contribution in [0.5, 0.6) is 5.75 Å². The number of benzene rings is 1. The number of sulfonamides is 1. The minimum Gasteiger partial charge on any atom is -0.492 e. The number of para-hydroxylation sites is 1. The molecule has 7 nitrogen and oxygen atoms in total. The van der Waals surface area contributed by atoms with Gasteiger partial charge in [-0.05, 0) is 24.5 Å². The van der Waals surface area contributed by atoms with E-state index in [9.17, 15) is 17.2 Å². The van der Waals surface area contributed by atoms with Crippen molar-refractivity contribution in [3.8, 4) is 5.75 Å². The first kappa shape index (κ1) is 15.7. The van der Waals surface area contributed by atoms with Gasteiger partial charge in [-0.1, -0.05) is 17.3 Å². The maximum Gasteiger partial charge on any atom is 0.283 e. The maximum absolute atomic E-state index is 13.0. The lowest BCUT2D eigenvalue weighted by Gasteiger charge is -2.20. The number of nitrogens with zero attached hydrogens (tertiary/aromatic N) is 3. The minimum atomic E-state index is -4.12. The van der Waals surface area contributed by atoms with Crippen LogP contribution in [-0.2, 0) is 23.5 Å². The molecule has 0 saturated heterocycles. The van der Waals surface area contributed by atoms with E-state index in [0.29, 0.717) is 13.0 Å². The topological polar surface area (TPSA) is 86.1 Å². The van der Waals surface area contributed by atoms with Gasteiger partial charge in [0.15, 0.2) is 5.82 Å². The van der Waals surface area contributed by atoms with Crippen molar-refractivity contribution in [2.24, 2.45) is 7.05 Å². The smallest absolute Gasteiger partial charge is 0.283 e. The molecule has 1 N–H and O–H groups in total. The highest BCUT2D eigenvalue weighted by molar-refractivity contribution is 7.92. The van der Waals surface area contributed by atoms with Gasteiger partial charge in [-0.2, -0.15) is 0 Å². The number of rotatable bonds is 4. The standard InChI is InChI=1S/C13H14F2N4O3S/c1-19-10(12(14)15)13(16-18-19)17-23(20,21)9-6-2-4-8-5-3-7-22-11(8)9/h2,4,6,12,17H,3,5,7H2,1H3. The van der Waals surface area contributed by atoms with E-state index in [1.54, 1.807) is 12.1 Å². The molecule has 124 valence electrons. The van der Waals surface area contributed by atoms with Crippen molar-refractivity contribution in [3.63, 3.8) is 0 Å². The molecule has 0 unspecified atom stereocenters. The SMILES string of the molecule is Cn1nnc(NS(=O)(=O)c2cccc3c2OCCC3)c1C(F)F. The summed E-state index contributed by atoms with van der Waals surface area (Å²) in [5.74, 6) is -0.232. The Kier molecular flexibility index (Phi) is 3.92. The zero-order valence-corrected chi connectivity index (χ0v) is 13.0. The first-order valence-corrected chi connectivity index (χ1v) is 8.33. The fraction of sp³-hybridized carbons (Fsp3) is 0.385. The molecule has 0 atom stereocenters. The Morgan fingerprint density at radius 3 is 2.91 bits per heavy atom. The summed E-state index contributed by atoms with van der Waals surface area (Å²) in [6, 6.07) is 4.73. The molecule has 0 radical (unpaired) electrons. The number of ether oxygens (including phenoxy) is 1. The van der Waals surface area contributed by atoms with Crippen LogP contribution in [0.3, 0.4) is 0 Å². The lowest BCUT2D eigenvalue weighted by atomic mass is 10.1. The van der Waals surface area contributed by atoms with Gasteiger partial charge >= 0.3 is 0 Å². The summed E-state index contributed by atoms with van der Waals surface area (Å²) in [6.07, 6.45) is -1.41. The Morgan fingerprint density at radius 1 is 1.39 bits per heavy atom. The van der Waals surface area contributed by atoms with Gasteiger partial charge in [0.05, 0.1) is 6.61 Å². The first-order chi connectivity index (χ1) is 10.9. The molecule has 0 bridgehead atoms. The zero-order valence-electron chi connectivity index (χ0n) is 12.2. The zero-order chi connectivity index (χ0) is 16.6. The van der Waals surface area contributed by atoms with Crippen LogP contribution in [-0.4, -0.2) is 30.0 Å². The average molecular weight is 344 g/mol. The van der Waals surface area contributed by atoms with Crippen molar-refractivity contribution in [1.82, 2.24) is 15.0 Å². The van der Waals surface area contributed by atoms with Crippen LogP contribution in [0.2, 0.25) is 0 Å². The van der Waals surface area contributed by atoms with E-state index in [4.69, 9.17) is 4.74 Å². The summed E-state index contributed by atoms with van der Waals surface area (Å²) in [7, 11) is -2.86. The molecule has 1 aliphatic heterocycles. The van der Waals surface area contributed by atoms with Crippen LogP contribution in [0, 0.1) is 0 Å². The molecule has 1 aromatic heterocycles. The number of halogens is 2. The molecular weight excluding hydrogens is 330 g/mol. The van der Waals surface area contributed by atoms with E-state index in [0.717, 1.165) is 16.7 Å². The molecule has 10 heteroatoms. The van der Waals surface area contributed by atoms with E-state index >= 15 is 0 Å². The van der Waals surface area contributed by atoms with Crippen LogP contribution in [0.1, 0.15) is 24.1 Å². The Bertz CT molecular complexity index is 836. The number of aryl methyl sites for hydroxylation is 2. The molecule has 0 amide bonds. The molecule has 1 aromatic carbocycles. The first-order valence-electron chi connectivity index (χ1n) is 6.85. The van der Waals surface area contributed by atoms with Crippen molar-refractivity contribution >= 4 is 15.8 Å². The summed E-state index contributed by atoms with van der Waals surface area (Å²) in [5, 5.41) is 6.89. The number of fused-ring (bicyclic) bond motifs is 1. The molecule has 0 aliphatic carbocycles. The van der Waals surface area contributed by atoms with Gasteiger partial charge in [-0.25, -0.2) is 21.9 Å². The number of anilines is 1. The second-order valence-corrected chi connectivity index (χ2v) is 6.70. The second kappa shape index (κ2) is 5.76. The van der Waals surface area contributed by atoms with Crippen LogP contribution in [0.4, 0.5) is 14.6 Å². The lowest BCUT2D eigenvalue weighted by Crippen LogP contribution is -2.18. The highest BCUT2D eigenvalue weighted by Crippen LogP contribution is 2.34. The molecule has 23 heavy (non-hydrogen) atoms. The van der Waals surface area contributed by atoms with E-state index in [1.807, 2.05) is 0 Å². The third kappa shape index (κ3) is 2.85. The number of hydrogen-bond donors (Lipinski definition) is 1. The molecule has 1 aliphatic rings. The monoisotopic (exact) mass is 344 g/mol. The lowest BCUT2D eigenvalue weighted by molar-refractivity contribution is 0.141. The minimum absolute atomic E-state index is 0.0967. The predicted molar refractivity (Wildman–Crippen MR) is 77.0 cm³/mol. The Balaban J connectivity index is 2.01. The van der Waals surface area contributed by atoms with Crippen LogP contribution >= 0.6 is 0 Å². The maximum atomic E-state index is 13.0. The van der Waals surface area contributed by atoms with Crippen molar-refractivity contribution in [1.29, 1.82) is 0 Å². The largest absolute Gasteiger partial charge is 0.492 e. The highest BCUT2D eigenvalue weighted by Gasteiger charge is 2.28. The van der Waals surface area contributed by atoms with Gasteiger partial charge in [0.2, 0.25) is 0 Å². The van der Waals surface area contributed by atoms with Gasteiger partial charge in [-0.3, -0.25) is 4.72 Å². The summed E-state index contributed by atoms with van der Waals surface area (Å²) in [6.45, 7) is 0.410. The third-order valence-corrected chi connectivity index (χ3v) is 4.86. The van der Waals surface area contributed by atoms with Crippen LogP contribution in [0.25, 0.3) is 0 Å². The van der Waals surface area contributed by atoms with E-state index < -0.39 is 28.0 Å². The average Bonchev–Trinajstić information content (AvgIpc) is 2.86. The van der Waals surface area contributed by atoms with Crippen molar-refractivity contribution in [2.45, 2.75) is 24.2 Å². The number of nitrogens with one attached hydrogen (secondary N) is 1. The summed E-state index contributed by atoms with van der Waals surface area (Å²) >= 11 is 0. The number of alkyl halides is 2. The predicted octanol–water partition coefficient (Wildman–Crippen LogP) is 1.88. The van der Waals surface area contributed by atoms with E-state index in [-0.39, 0.29) is 10.6 Å². The van der Waals surface area contributed by atoms with Crippen LogP contribution < -0.4 is 9.46 Å². The Morgan fingerprint density at radius 2 is 2.17 bits per heavy atom. The molecule has 2 heterocycles. The van der Waals surface area contributed by atoms with Crippen molar-refractivity contribution in [3.05, 3.63) is 29.5 Å². The second-order valence-electron chi connectivity index (χ2n) is 5.05. The molecule has 2 aromatic rings. The Labute approximate surface area is 131 Å². The van der Waals surface area contributed by atoms with Gasteiger partial charge in [0.25, 0.3) is 16.4 Å². The highest BCUT2D eigenvalue weighted by atomic mass is 32.2. The third-order valence-electron chi connectivity index (χ3n) is 3.49. The molecule has 3 rings (SSSR count). The summed E-state index contributed by atoms with van der Waals surface area (Å²) in [4.78, 5) is -0.0967. The van der Waals surface area contributed by atoms with Crippen molar-refractivity contribution in [2.75, 3.05) is 11.3 Å². The van der Waals surface area contributed by atoms with Crippen LogP contribution in [0.15, 0.2) is 23.1 Å². The number of aromatic nitrogens is 3. The molecule has 0 spiro atoms.